The monoisotopic (exact) mass is 289 g/mol. The maximum Gasteiger partial charge on any atom is 0.417 e. The number of pyridine rings is 1. The molecule has 100 valence electrons. The Balaban J connectivity index is 2.10. The predicted octanol–water partition coefficient (Wildman–Crippen LogP) is 3.79. The van der Waals surface area contributed by atoms with Crippen molar-refractivity contribution in [1.82, 2.24) is 4.98 Å². The van der Waals surface area contributed by atoms with Gasteiger partial charge < -0.3 is 4.42 Å². The number of hydrazone groups is 1. The number of hydrogen-bond acceptors (Lipinski definition) is 4. The van der Waals surface area contributed by atoms with Gasteiger partial charge in [0.2, 0.25) is 0 Å². The molecular formula is C11H7ClF3N3O. The van der Waals surface area contributed by atoms with Gasteiger partial charge in [0, 0.05) is 6.20 Å². The van der Waals surface area contributed by atoms with Crippen molar-refractivity contribution in [1.29, 1.82) is 0 Å². The molecule has 2 aromatic heterocycles. The first-order valence-electron chi connectivity index (χ1n) is 5.02. The van der Waals surface area contributed by atoms with Gasteiger partial charge in [0.1, 0.15) is 5.76 Å². The lowest BCUT2D eigenvalue weighted by atomic mass is 10.3. The zero-order chi connectivity index (χ0) is 13.9. The molecule has 8 heteroatoms. The SMILES string of the molecule is FC(F)(F)c1cnc(N/N=C\c2ccco2)c(Cl)c1. The highest BCUT2D eigenvalue weighted by Crippen LogP contribution is 2.32. The number of aromatic nitrogens is 1. The zero-order valence-corrected chi connectivity index (χ0v) is 10.0. The second kappa shape index (κ2) is 5.31. The molecule has 0 saturated carbocycles. The van der Waals surface area contributed by atoms with Crippen LogP contribution in [0.1, 0.15) is 11.3 Å². The van der Waals surface area contributed by atoms with E-state index in [9.17, 15) is 13.2 Å². The molecule has 1 N–H and O–H groups in total. The molecule has 0 aromatic carbocycles. The smallest absolute Gasteiger partial charge is 0.417 e. The average Bonchev–Trinajstić information content (AvgIpc) is 2.83. The van der Waals surface area contributed by atoms with Crippen LogP contribution in [0.15, 0.2) is 40.2 Å². The van der Waals surface area contributed by atoms with Gasteiger partial charge in [0.25, 0.3) is 0 Å². The van der Waals surface area contributed by atoms with Crippen LogP contribution in [0.4, 0.5) is 19.0 Å². The van der Waals surface area contributed by atoms with E-state index >= 15 is 0 Å². The van der Waals surface area contributed by atoms with Gasteiger partial charge >= 0.3 is 6.18 Å². The Morgan fingerprint density at radius 2 is 2.21 bits per heavy atom. The fourth-order valence-corrected chi connectivity index (χ4v) is 1.41. The second-order valence-electron chi connectivity index (χ2n) is 3.44. The van der Waals surface area contributed by atoms with Crippen molar-refractivity contribution in [2.24, 2.45) is 5.10 Å². The second-order valence-corrected chi connectivity index (χ2v) is 3.84. The van der Waals surface area contributed by atoms with Crippen molar-refractivity contribution in [2.75, 3.05) is 5.43 Å². The normalized spacial score (nSPS) is 12.0. The Morgan fingerprint density at radius 3 is 2.79 bits per heavy atom. The van der Waals surface area contributed by atoms with Crippen molar-refractivity contribution >= 4 is 23.6 Å². The summed E-state index contributed by atoms with van der Waals surface area (Å²) in [6, 6.07) is 4.11. The highest BCUT2D eigenvalue weighted by atomic mass is 35.5. The molecule has 4 nitrogen and oxygen atoms in total. The molecule has 0 atom stereocenters. The number of halogens is 4. The fourth-order valence-electron chi connectivity index (χ4n) is 1.20. The zero-order valence-electron chi connectivity index (χ0n) is 9.28. The summed E-state index contributed by atoms with van der Waals surface area (Å²) >= 11 is 5.67. The molecule has 2 aromatic rings. The van der Waals surface area contributed by atoms with E-state index in [0.717, 1.165) is 6.07 Å². The summed E-state index contributed by atoms with van der Waals surface area (Å²) in [7, 11) is 0. The Bertz CT molecular complexity index is 581. The highest BCUT2D eigenvalue weighted by molar-refractivity contribution is 6.32. The summed E-state index contributed by atoms with van der Waals surface area (Å²) in [5.74, 6) is 0.507. The van der Waals surface area contributed by atoms with Crippen LogP contribution in [0.2, 0.25) is 5.02 Å². The average molecular weight is 290 g/mol. The Kier molecular flexibility index (Phi) is 3.75. The fraction of sp³-hybridized carbons (Fsp3) is 0.0909. The molecule has 0 spiro atoms. The summed E-state index contributed by atoms with van der Waals surface area (Å²) in [4.78, 5) is 3.56. The van der Waals surface area contributed by atoms with E-state index in [1.54, 1.807) is 12.1 Å². The third-order valence-electron chi connectivity index (χ3n) is 2.07. The van der Waals surface area contributed by atoms with Crippen LogP contribution >= 0.6 is 11.6 Å². The number of furan rings is 1. The van der Waals surface area contributed by atoms with E-state index in [2.05, 4.69) is 15.5 Å². The van der Waals surface area contributed by atoms with Crippen LogP contribution in [-0.2, 0) is 6.18 Å². The van der Waals surface area contributed by atoms with E-state index < -0.39 is 11.7 Å². The third-order valence-corrected chi connectivity index (χ3v) is 2.36. The summed E-state index contributed by atoms with van der Waals surface area (Å²) in [6.45, 7) is 0. The minimum absolute atomic E-state index is 0.0254. The molecule has 0 fully saturated rings. The number of hydrogen-bond donors (Lipinski definition) is 1. The van der Waals surface area contributed by atoms with Gasteiger partial charge in [-0.25, -0.2) is 4.98 Å². The van der Waals surface area contributed by atoms with E-state index in [4.69, 9.17) is 16.0 Å². The van der Waals surface area contributed by atoms with E-state index in [1.165, 1.54) is 12.5 Å². The Hall–Kier alpha value is -2.02. The van der Waals surface area contributed by atoms with E-state index in [0.29, 0.717) is 12.0 Å². The highest BCUT2D eigenvalue weighted by Gasteiger charge is 2.31. The first kappa shape index (κ1) is 13.4. The van der Waals surface area contributed by atoms with Gasteiger partial charge in [-0.3, -0.25) is 5.43 Å². The van der Waals surface area contributed by atoms with Crippen molar-refractivity contribution in [3.8, 4) is 0 Å². The Labute approximate surface area is 110 Å². The van der Waals surface area contributed by atoms with E-state index in [-0.39, 0.29) is 10.8 Å². The van der Waals surface area contributed by atoms with Gasteiger partial charge in [-0.1, -0.05) is 11.6 Å². The van der Waals surface area contributed by atoms with Crippen LogP contribution in [0.25, 0.3) is 0 Å². The summed E-state index contributed by atoms with van der Waals surface area (Å²) < 4.78 is 42.1. The van der Waals surface area contributed by atoms with Crippen molar-refractivity contribution in [3.05, 3.63) is 47.0 Å². The van der Waals surface area contributed by atoms with Crippen LogP contribution in [0.3, 0.4) is 0 Å². The molecular weight excluding hydrogens is 283 g/mol. The minimum Gasteiger partial charge on any atom is -0.463 e. The molecule has 0 aliphatic carbocycles. The predicted molar refractivity (Wildman–Crippen MR) is 64.2 cm³/mol. The van der Waals surface area contributed by atoms with Gasteiger partial charge in [-0.15, -0.1) is 0 Å². The summed E-state index contributed by atoms with van der Waals surface area (Å²) in [6.07, 6.45) is -0.996. The lowest BCUT2D eigenvalue weighted by Gasteiger charge is -2.08. The van der Waals surface area contributed by atoms with Crippen LogP contribution < -0.4 is 5.43 Å². The molecule has 0 saturated heterocycles. The Morgan fingerprint density at radius 1 is 1.42 bits per heavy atom. The van der Waals surface area contributed by atoms with Crippen LogP contribution in [0.5, 0.6) is 0 Å². The quantitative estimate of drug-likeness (QED) is 0.691. The molecule has 0 bridgehead atoms. The van der Waals surface area contributed by atoms with Crippen LogP contribution in [0, 0.1) is 0 Å². The van der Waals surface area contributed by atoms with Gasteiger partial charge in [0.05, 0.1) is 23.1 Å². The maximum absolute atomic E-state index is 12.4. The van der Waals surface area contributed by atoms with Gasteiger partial charge in [-0.2, -0.15) is 18.3 Å². The molecule has 0 amide bonds. The topological polar surface area (TPSA) is 50.4 Å². The molecule has 0 unspecified atom stereocenters. The lowest BCUT2D eigenvalue weighted by molar-refractivity contribution is -0.137. The first-order chi connectivity index (χ1) is 8.97. The van der Waals surface area contributed by atoms with Crippen molar-refractivity contribution in [3.63, 3.8) is 0 Å². The molecule has 2 heterocycles. The maximum atomic E-state index is 12.4. The van der Waals surface area contributed by atoms with Crippen LogP contribution in [-0.4, -0.2) is 11.2 Å². The number of nitrogens with one attached hydrogen (secondary N) is 1. The summed E-state index contributed by atoms with van der Waals surface area (Å²) in [5, 5.41) is 3.57. The van der Waals surface area contributed by atoms with Crippen molar-refractivity contribution in [2.45, 2.75) is 6.18 Å². The molecule has 19 heavy (non-hydrogen) atoms. The standard InChI is InChI=1S/C11H7ClF3N3O/c12-9-4-7(11(13,14)15)5-16-10(9)18-17-6-8-2-1-3-19-8/h1-6H,(H,16,18)/b17-6-. The van der Waals surface area contributed by atoms with E-state index in [1.807, 2.05) is 0 Å². The minimum atomic E-state index is -4.48. The molecule has 0 aliphatic rings. The van der Waals surface area contributed by atoms with Gasteiger partial charge in [0.15, 0.2) is 5.82 Å². The molecule has 0 aliphatic heterocycles. The lowest BCUT2D eigenvalue weighted by Crippen LogP contribution is -2.06. The first-order valence-corrected chi connectivity index (χ1v) is 5.40. The number of alkyl halides is 3. The summed E-state index contributed by atoms with van der Waals surface area (Å²) in [5.41, 5.74) is 1.51. The van der Waals surface area contributed by atoms with Gasteiger partial charge in [-0.05, 0) is 18.2 Å². The number of rotatable bonds is 3. The third kappa shape index (κ3) is 3.47. The largest absolute Gasteiger partial charge is 0.463 e. The molecule has 2 rings (SSSR count). The van der Waals surface area contributed by atoms with Crippen molar-refractivity contribution < 1.29 is 17.6 Å². The number of nitrogens with zero attached hydrogens (tertiary/aromatic N) is 2. The molecule has 0 radical (unpaired) electrons. The number of anilines is 1.